The van der Waals surface area contributed by atoms with Crippen molar-refractivity contribution < 1.29 is 9.50 Å². The van der Waals surface area contributed by atoms with Gasteiger partial charge in [0.25, 0.3) is 0 Å². The Morgan fingerprint density at radius 1 is 1.32 bits per heavy atom. The molecule has 0 saturated heterocycles. The molecule has 0 aliphatic carbocycles. The molecule has 2 N–H and O–H groups in total. The number of rotatable bonds is 2. The Balaban J connectivity index is 0.000000847. The highest BCUT2D eigenvalue weighted by Gasteiger charge is 2.18. The van der Waals surface area contributed by atoms with Crippen molar-refractivity contribution in [1.29, 1.82) is 0 Å². The molecule has 1 aromatic carbocycles. The average molecular weight is 302 g/mol. The van der Waals surface area contributed by atoms with Crippen LogP contribution in [-0.4, -0.2) is 24.9 Å². The molecule has 3 rings (SSSR count). The minimum atomic E-state index is -0.373. The van der Waals surface area contributed by atoms with Gasteiger partial charge >= 0.3 is 0 Å². The van der Waals surface area contributed by atoms with Crippen LogP contribution < -0.4 is 0 Å². The Labute approximate surface area is 128 Å². The molecule has 5 nitrogen and oxygen atoms in total. The third kappa shape index (κ3) is 2.72. The molecular formula is C16H19FN4O. The first-order valence-corrected chi connectivity index (χ1v) is 7.16. The number of aryl methyl sites for hydroxylation is 1. The van der Waals surface area contributed by atoms with Gasteiger partial charge in [-0.25, -0.2) is 14.1 Å². The van der Waals surface area contributed by atoms with Gasteiger partial charge in [-0.2, -0.15) is 0 Å². The Morgan fingerprint density at radius 2 is 2.05 bits per heavy atom. The van der Waals surface area contributed by atoms with E-state index in [1.807, 2.05) is 33.8 Å². The van der Waals surface area contributed by atoms with Gasteiger partial charge < -0.3 is 10.1 Å². The molecule has 0 saturated carbocycles. The van der Waals surface area contributed by atoms with Crippen molar-refractivity contribution in [2.45, 2.75) is 27.7 Å². The molecule has 2 heterocycles. The predicted octanol–water partition coefficient (Wildman–Crippen LogP) is 4.10. The largest absolute Gasteiger partial charge is 0.494 e. The van der Waals surface area contributed by atoms with Crippen LogP contribution in [0.15, 0.2) is 24.3 Å². The van der Waals surface area contributed by atoms with Gasteiger partial charge in [0, 0.05) is 17.1 Å². The summed E-state index contributed by atoms with van der Waals surface area (Å²) in [6, 6.07) is 4.26. The summed E-state index contributed by atoms with van der Waals surface area (Å²) in [6.45, 7) is 7.68. The van der Waals surface area contributed by atoms with Crippen LogP contribution in [0.4, 0.5) is 4.39 Å². The van der Waals surface area contributed by atoms with Gasteiger partial charge in [0.2, 0.25) is 5.88 Å². The summed E-state index contributed by atoms with van der Waals surface area (Å²) in [5.74, 6) is 0.601. The van der Waals surface area contributed by atoms with E-state index in [1.165, 1.54) is 12.1 Å². The predicted molar refractivity (Wildman–Crippen MR) is 86.0 cm³/mol. The maximum Gasteiger partial charge on any atom is 0.200 e. The summed E-state index contributed by atoms with van der Waals surface area (Å²) in [4.78, 5) is 7.11. The molecule has 0 radical (unpaired) electrons. The van der Waals surface area contributed by atoms with E-state index in [0.717, 1.165) is 0 Å². The number of aromatic hydroxyl groups is 1. The lowest BCUT2D eigenvalue weighted by Gasteiger charge is -1.94. The van der Waals surface area contributed by atoms with Gasteiger partial charge in [-0.1, -0.05) is 19.9 Å². The first-order chi connectivity index (χ1) is 10.6. The van der Waals surface area contributed by atoms with Gasteiger partial charge in [-0.15, -0.1) is 5.10 Å². The first kappa shape index (κ1) is 15.8. The number of fused-ring (bicyclic) bond motifs is 1. The van der Waals surface area contributed by atoms with Crippen LogP contribution in [-0.2, 0) is 0 Å². The van der Waals surface area contributed by atoms with Crippen molar-refractivity contribution in [3.05, 3.63) is 35.9 Å². The van der Waals surface area contributed by atoms with Gasteiger partial charge in [0.05, 0.1) is 5.56 Å². The van der Waals surface area contributed by atoms with Crippen molar-refractivity contribution >= 4 is 17.1 Å². The molecule has 0 aliphatic heterocycles. The summed E-state index contributed by atoms with van der Waals surface area (Å²) in [7, 11) is 0. The van der Waals surface area contributed by atoms with Crippen LogP contribution in [0.3, 0.4) is 0 Å². The van der Waals surface area contributed by atoms with Crippen molar-refractivity contribution in [3.63, 3.8) is 0 Å². The van der Waals surface area contributed by atoms with Crippen molar-refractivity contribution in [2.24, 2.45) is 0 Å². The summed E-state index contributed by atoms with van der Waals surface area (Å²) >= 11 is 0. The molecule has 3 aromatic rings. The number of aromatic nitrogens is 4. The van der Waals surface area contributed by atoms with E-state index in [4.69, 9.17) is 0 Å². The maximum absolute atomic E-state index is 13.4. The molecule has 0 amide bonds. The lowest BCUT2D eigenvalue weighted by molar-refractivity contribution is 0.460. The number of hydrogen-bond donors (Lipinski definition) is 2. The molecule has 0 spiro atoms. The fraction of sp³-hybridized carbons (Fsp3) is 0.250. The first-order valence-electron chi connectivity index (χ1n) is 7.16. The molecule has 116 valence electrons. The number of allylic oxidation sites excluding steroid dienone is 1. The zero-order valence-corrected chi connectivity index (χ0v) is 13.1. The second kappa shape index (κ2) is 6.43. The van der Waals surface area contributed by atoms with E-state index >= 15 is 0 Å². The monoisotopic (exact) mass is 302 g/mol. The van der Waals surface area contributed by atoms with E-state index in [1.54, 1.807) is 16.9 Å². The summed E-state index contributed by atoms with van der Waals surface area (Å²) in [5.41, 5.74) is 1.05. The highest BCUT2D eigenvalue weighted by atomic mass is 19.1. The fourth-order valence-electron chi connectivity index (χ4n) is 2.17. The van der Waals surface area contributed by atoms with Gasteiger partial charge in [0.1, 0.15) is 11.6 Å². The second-order valence-electron chi connectivity index (χ2n) is 4.45. The zero-order chi connectivity index (χ0) is 16.3. The lowest BCUT2D eigenvalue weighted by Crippen LogP contribution is -1.91. The van der Waals surface area contributed by atoms with Gasteiger partial charge in [-0.05, 0) is 32.0 Å². The van der Waals surface area contributed by atoms with Crippen LogP contribution in [0.25, 0.3) is 28.5 Å². The third-order valence-electron chi connectivity index (χ3n) is 3.06. The molecule has 0 unspecified atom stereocenters. The fourth-order valence-corrected chi connectivity index (χ4v) is 2.17. The smallest absolute Gasteiger partial charge is 0.200 e. The molecule has 22 heavy (non-hydrogen) atoms. The molecule has 0 fully saturated rings. The number of halogens is 1. The van der Waals surface area contributed by atoms with Crippen LogP contribution in [0.2, 0.25) is 0 Å². The SMILES string of the molecule is C/C=C\n1nc(-c2c(O)[nH]c3ccc(F)cc23)nc1C.CC. The number of H-pyrrole nitrogens is 1. The number of hydrogen-bond acceptors (Lipinski definition) is 3. The standard InChI is InChI=1S/C14H13FN4O.C2H6/c1-3-6-19-8(2)16-13(18-19)12-10-7-9(15)4-5-11(10)17-14(12)20;1-2/h3-7,17,20H,1-2H3;1-2H3/b6-3-;. The molecule has 2 aromatic heterocycles. The summed E-state index contributed by atoms with van der Waals surface area (Å²) in [5, 5.41) is 14.9. The van der Waals surface area contributed by atoms with Crippen LogP contribution in [0, 0.1) is 12.7 Å². The Bertz CT molecular complexity index is 817. The third-order valence-corrected chi connectivity index (χ3v) is 3.06. The van der Waals surface area contributed by atoms with Crippen LogP contribution >= 0.6 is 0 Å². The van der Waals surface area contributed by atoms with Crippen molar-refractivity contribution in [1.82, 2.24) is 19.7 Å². The maximum atomic E-state index is 13.4. The average Bonchev–Trinajstić information content (AvgIpc) is 3.01. The van der Waals surface area contributed by atoms with Crippen LogP contribution in [0.1, 0.15) is 26.6 Å². The van der Waals surface area contributed by atoms with E-state index in [9.17, 15) is 9.50 Å². The van der Waals surface area contributed by atoms with E-state index in [2.05, 4.69) is 15.1 Å². The minimum Gasteiger partial charge on any atom is -0.494 e. The van der Waals surface area contributed by atoms with E-state index in [0.29, 0.717) is 28.1 Å². The Kier molecular flexibility index (Phi) is 4.60. The van der Waals surface area contributed by atoms with Gasteiger partial charge in [-0.3, -0.25) is 0 Å². The number of nitrogens with zero attached hydrogens (tertiary/aromatic N) is 3. The number of nitrogens with one attached hydrogen (secondary N) is 1. The van der Waals surface area contributed by atoms with Crippen molar-refractivity contribution in [3.8, 4) is 17.3 Å². The normalized spacial score (nSPS) is 11.0. The number of benzene rings is 1. The molecule has 6 heteroatoms. The highest BCUT2D eigenvalue weighted by Crippen LogP contribution is 2.35. The second-order valence-corrected chi connectivity index (χ2v) is 4.45. The Hall–Kier alpha value is -2.63. The number of aromatic amines is 1. The quantitative estimate of drug-likeness (QED) is 0.749. The highest BCUT2D eigenvalue weighted by molar-refractivity contribution is 5.97. The molecule has 0 bridgehead atoms. The Morgan fingerprint density at radius 3 is 2.73 bits per heavy atom. The van der Waals surface area contributed by atoms with E-state index < -0.39 is 0 Å². The minimum absolute atomic E-state index is 0.0665. The zero-order valence-electron chi connectivity index (χ0n) is 13.1. The molecular weight excluding hydrogens is 283 g/mol. The van der Waals surface area contributed by atoms with Gasteiger partial charge in [0.15, 0.2) is 5.82 Å². The molecule has 0 aliphatic rings. The summed E-state index contributed by atoms with van der Waals surface area (Å²) < 4.78 is 15.0. The summed E-state index contributed by atoms with van der Waals surface area (Å²) in [6.07, 6.45) is 3.60. The van der Waals surface area contributed by atoms with Crippen molar-refractivity contribution in [2.75, 3.05) is 0 Å². The lowest BCUT2D eigenvalue weighted by atomic mass is 10.1. The van der Waals surface area contributed by atoms with E-state index in [-0.39, 0.29) is 11.7 Å². The topological polar surface area (TPSA) is 66.7 Å². The van der Waals surface area contributed by atoms with Crippen LogP contribution in [0.5, 0.6) is 5.88 Å². The molecule has 0 atom stereocenters.